The number of carbonyl (C=O) groups is 2. The van der Waals surface area contributed by atoms with E-state index in [0.717, 1.165) is 32.7 Å². The van der Waals surface area contributed by atoms with Crippen molar-refractivity contribution in [2.24, 2.45) is 5.92 Å². The lowest BCUT2D eigenvalue weighted by molar-refractivity contribution is -0.193. The van der Waals surface area contributed by atoms with E-state index in [9.17, 15) is 30.7 Å². The molecule has 2 saturated heterocycles. The number of carboxylic acids is 2. The van der Waals surface area contributed by atoms with Gasteiger partial charge in [0.2, 0.25) is 5.88 Å². The number of likely N-dealkylation sites (tertiary alicyclic amines) is 1. The minimum Gasteiger partial charge on any atom is -0.475 e. The van der Waals surface area contributed by atoms with Crippen LogP contribution in [0.5, 0.6) is 5.88 Å². The highest BCUT2D eigenvalue weighted by Gasteiger charge is 2.53. The molecule has 4 heterocycles. The zero-order valence-electron chi connectivity index (χ0n) is 18.8. The Balaban J connectivity index is 0.000000286. The lowest BCUT2D eigenvalue weighted by Gasteiger charge is -2.50. The fraction of sp³-hybridized carbons (Fsp3) is 0.476. The predicted octanol–water partition coefficient (Wildman–Crippen LogP) is 4.22. The van der Waals surface area contributed by atoms with E-state index in [4.69, 9.17) is 29.3 Å². The standard InChI is InChI=1S/C17H19FN2O2S.2C2HF3O2/c18-15-2-1-5-19-16(15)21-9-14-3-6-22-17(14)11-20(12-17)8-13-4-7-23-10-13;2*3-2(4,5)1(6)7/h1-2,4-5,7,10,14H,3,6,8-9,11-12H2;2*(H,6,7). The Kier molecular flexibility index (Phi) is 10.2. The van der Waals surface area contributed by atoms with Gasteiger partial charge in [0.05, 0.1) is 12.2 Å². The van der Waals surface area contributed by atoms with E-state index >= 15 is 0 Å². The van der Waals surface area contributed by atoms with Gasteiger partial charge < -0.3 is 19.7 Å². The molecule has 0 bridgehead atoms. The van der Waals surface area contributed by atoms with E-state index in [-0.39, 0.29) is 11.5 Å². The molecule has 2 N–H and O–H groups in total. The second-order valence-electron chi connectivity index (χ2n) is 7.88. The molecule has 1 unspecified atom stereocenters. The number of rotatable bonds is 5. The van der Waals surface area contributed by atoms with Crippen LogP contribution in [-0.2, 0) is 20.9 Å². The van der Waals surface area contributed by atoms with Crippen LogP contribution in [0.2, 0.25) is 0 Å². The number of pyridine rings is 1. The van der Waals surface area contributed by atoms with Crippen LogP contribution in [0.4, 0.5) is 30.7 Å². The molecule has 2 aliphatic heterocycles. The zero-order valence-corrected chi connectivity index (χ0v) is 19.6. The molecule has 0 radical (unpaired) electrons. The van der Waals surface area contributed by atoms with E-state index in [1.807, 2.05) is 0 Å². The largest absolute Gasteiger partial charge is 0.490 e. The fourth-order valence-corrected chi connectivity index (χ4v) is 4.15. The average Bonchev–Trinajstić information content (AvgIpc) is 3.43. The Morgan fingerprint density at radius 2 is 1.73 bits per heavy atom. The Labute approximate surface area is 209 Å². The summed E-state index contributed by atoms with van der Waals surface area (Å²) >= 11 is 1.73. The summed E-state index contributed by atoms with van der Waals surface area (Å²) < 4.78 is 88.7. The second-order valence-corrected chi connectivity index (χ2v) is 8.66. The highest BCUT2D eigenvalue weighted by atomic mass is 32.1. The van der Waals surface area contributed by atoms with Crippen LogP contribution in [-0.4, -0.2) is 76.3 Å². The van der Waals surface area contributed by atoms with Crippen molar-refractivity contribution in [3.05, 3.63) is 46.5 Å². The van der Waals surface area contributed by atoms with Crippen molar-refractivity contribution in [2.75, 3.05) is 26.3 Å². The third kappa shape index (κ3) is 9.12. The lowest BCUT2D eigenvalue weighted by atomic mass is 9.81. The van der Waals surface area contributed by atoms with Gasteiger partial charge >= 0.3 is 24.3 Å². The molecule has 37 heavy (non-hydrogen) atoms. The Morgan fingerprint density at radius 3 is 2.22 bits per heavy atom. The van der Waals surface area contributed by atoms with Crippen LogP contribution >= 0.6 is 11.3 Å². The summed E-state index contributed by atoms with van der Waals surface area (Å²) in [7, 11) is 0. The van der Waals surface area contributed by atoms with Crippen LogP contribution in [0, 0.1) is 11.7 Å². The van der Waals surface area contributed by atoms with Crippen molar-refractivity contribution >= 4 is 23.3 Å². The van der Waals surface area contributed by atoms with E-state index in [1.165, 1.54) is 11.6 Å². The maximum atomic E-state index is 13.6. The molecule has 0 aliphatic carbocycles. The van der Waals surface area contributed by atoms with Gasteiger partial charge in [-0.15, -0.1) is 0 Å². The molecule has 4 rings (SSSR count). The SMILES string of the molecule is Fc1cccnc1OCC1CCOC12CN(Cc1ccsc1)C2.O=C(O)C(F)(F)F.O=C(O)C(F)(F)F. The summed E-state index contributed by atoms with van der Waals surface area (Å²) in [5.74, 6) is -5.54. The number of aliphatic carboxylic acids is 2. The van der Waals surface area contributed by atoms with E-state index < -0.39 is 30.1 Å². The minimum absolute atomic E-state index is 0.0870. The summed E-state index contributed by atoms with van der Waals surface area (Å²) in [6.07, 6.45) is -7.66. The molecule has 8 nitrogen and oxygen atoms in total. The summed E-state index contributed by atoms with van der Waals surface area (Å²) in [5.41, 5.74) is 1.23. The molecular formula is C21H21F7N2O6S. The van der Waals surface area contributed by atoms with Gasteiger partial charge in [0.15, 0.2) is 5.82 Å². The number of alkyl halides is 6. The quantitative estimate of drug-likeness (QED) is 0.522. The molecule has 1 spiro atoms. The van der Waals surface area contributed by atoms with Crippen molar-refractivity contribution in [1.82, 2.24) is 9.88 Å². The van der Waals surface area contributed by atoms with Gasteiger partial charge in [0.1, 0.15) is 0 Å². The molecule has 1 atom stereocenters. The van der Waals surface area contributed by atoms with Crippen molar-refractivity contribution in [1.29, 1.82) is 0 Å². The number of hydrogen-bond donors (Lipinski definition) is 2. The van der Waals surface area contributed by atoms with Gasteiger partial charge in [-0.3, -0.25) is 4.90 Å². The Bertz CT molecular complexity index is 1000. The Morgan fingerprint density at radius 1 is 1.14 bits per heavy atom. The van der Waals surface area contributed by atoms with Gasteiger partial charge in [-0.2, -0.15) is 37.7 Å². The average molecular weight is 562 g/mol. The monoisotopic (exact) mass is 562 g/mol. The fourth-order valence-electron chi connectivity index (χ4n) is 3.49. The summed E-state index contributed by atoms with van der Waals surface area (Å²) in [6, 6.07) is 5.10. The lowest BCUT2D eigenvalue weighted by Crippen LogP contribution is -2.64. The first-order valence-corrected chi connectivity index (χ1v) is 11.3. The van der Waals surface area contributed by atoms with Gasteiger partial charge in [-0.1, -0.05) is 0 Å². The number of carboxylic acid groups (broad SMARTS) is 2. The first kappa shape index (κ1) is 30.2. The molecular weight excluding hydrogens is 541 g/mol. The number of ether oxygens (including phenoxy) is 2. The van der Waals surface area contributed by atoms with Crippen molar-refractivity contribution in [2.45, 2.75) is 30.9 Å². The van der Waals surface area contributed by atoms with Crippen molar-refractivity contribution < 1.29 is 60.0 Å². The van der Waals surface area contributed by atoms with Crippen LogP contribution in [0.25, 0.3) is 0 Å². The first-order valence-electron chi connectivity index (χ1n) is 10.3. The minimum atomic E-state index is -5.08. The number of aromatic nitrogens is 1. The Hall–Kier alpha value is -2.98. The van der Waals surface area contributed by atoms with Crippen molar-refractivity contribution in [3.63, 3.8) is 0 Å². The van der Waals surface area contributed by atoms with Gasteiger partial charge in [0.25, 0.3) is 0 Å². The van der Waals surface area contributed by atoms with E-state index in [1.54, 1.807) is 23.6 Å². The zero-order chi connectivity index (χ0) is 27.9. The molecule has 0 amide bonds. The first-order chi connectivity index (χ1) is 17.1. The third-order valence-corrected chi connectivity index (χ3v) is 5.93. The predicted molar refractivity (Wildman–Crippen MR) is 113 cm³/mol. The molecule has 2 aromatic heterocycles. The third-order valence-electron chi connectivity index (χ3n) is 5.20. The summed E-state index contributed by atoms with van der Waals surface area (Å²) in [5, 5.41) is 18.5. The smallest absolute Gasteiger partial charge is 0.475 e. The normalized spacial score (nSPS) is 18.6. The van der Waals surface area contributed by atoms with Crippen LogP contribution in [0.3, 0.4) is 0 Å². The topological polar surface area (TPSA) is 109 Å². The number of nitrogens with zero attached hydrogens (tertiary/aromatic N) is 2. The number of halogens is 7. The summed E-state index contributed by atoms with van der Waals surface area (Å²) in [6.45, 7) is 4.02. The molecule has 2 fully saturated rings. The highest BCUT2D eigenvalue weighted by Crippen LogP contribution is 2.40. The maximum Gasteiger partial charge on any atom is 0.490 e. The van der Waals surface area contributed by atoms with Gasteiger partial charge in [-0.25, -0.2) is 19.0 Å². The second kappa shape index (κ2) is 12.5. The summed E-state index contributed by atoms with van der Waals surface area (Å²) in [4.78, 5) is 24.1. The molecule has 0 aromatic carbocycles. The molecule has 16 heteroatoms. The number of hydrogen-bond acceptors (Lipinski definition) is 7. The molecule has 2 aliphatic rings. The number of thiophene rings is 1. The van der Waals surface area contributed by atoms with Crippen LogP contribution in [0.1, 0.15) is 12.0 Å². The van der Waals surface area contributed by atoms with Gasteiger partial charge in [0, 0.05) is 38.4 Å². The van der Waals surface area contributed by atoms with E-state index in [0.29, 0.717) is 12.5 Å². The molecule has 0 saturated carbocycles. The maximum absolute atomic E-state index is 13.6. The highest BCUT2D eigenvalue weighted by molar-refractivity contribution is 7.07. The van der Waals surface area contributed by atoms with Crippen LogP contribution < -0.4 is 4.74 Å². The van der Waals surface area contributed by atoms with Gasteiger partial charge in [-0.05, 0) is 40.9 Å². The molecule has 206 valence electrons. The molecule has 2 aromatic rings. The van der Waals surface area contributed by atoms with E-state index in [2.05, 4.69) is 26.7 Å². The van der Waals surface area contributed by atoms with Crippen molar-refractivity contribution in [3.8, 4) is 5.88 Å². The van der Waals surface area contributed by atoms with Crippen LogP contribution in [0.15, 0.2) is 35.2 Å².